The van der Waals surface area contributed by atoms with Gasteiger partial charge in [0.1, 0.15) is 19.0 Å². The zero-order valence-electron chi connectivity index (χ0n) is 15.7. The summed E-state index contributed by atoms with van der Waals surface area (Å²) < 4.78 is 20.6. The Bertz CT molecular complexity index is 1030. The molecule has 0 atom stereocenters. The van der Waals surface area contributed by atoms with Crippen molar-refractivity contribution < 1.29 is 19.0 Å². The Hall–Kier alpha value is -3.45. The van der Waals surface area contributed by atoms with Gasteiger partial charge >= 0.3 is 0 Å². The lowest BCUT2D eigenvalue weighted by Crippen LogP contribution is -2.29. The highest BCUT2D eigenvalue weighted by atomic mass is 19.1. The molecule has 1 aromatic heterocycles. The topological polar surface area (TPSA) is 80.6 Å². The Morgan fingerprint density at radius 2 is 1.83 bits per heavy atom. The molecule has 0 saturated heterocycles. The fraction of sp³-hybridized carbons (Fsp3) is 0.182. The lowest BCUT2D eigenvalue weighted by Gasteiger charge is -2.14. The van der Waals surface area contributed by atoms with E-state index in [1.165, 1.54) is 22.9 Å². The van der Waals surface area contributed by atoms with Gasteiger partial charge in [-0.2, -0.15) is 0 Å². The molecule has 0 aliphatic rings. The molecule has 1 amide bonds. The first-order valence-electron chi connectivity index (χ1n) is 9.08. The van der Waals surface area contributed by atoms with E-state index in [1.807, 2.05) is 30.3 Å². The minimum absolute atomic E-state index is 0.0266. The number of benzene rings is 2. The molecule has 3 aromatic rings. The lowest BCUT2D eigenvalue weighted by molar-refractivity contribution is -0.121. The first-order chi connectivity index (χ1) is 14.1. The molecule has 0 bridgehead atoms. The lowest BCUT2D eigenvalue weighted by atomic mass is 10.2. The van der Waals surface area contributed by atoms with Crippen molar-refractivity contribution in [3.05, 3.63) is 99.7 Å². The highest BCUT2D eigenvalue weighted by Crippen LogP contribution is 2.12. The molecule has 7 heteroatoms. The van der Waals surface area contributed by atoms with Crippen LogP contribution in [-0.2, 0) is 31.1 Å². The van der Waals surface area contributed by atoms with Gasteiger partial charge in [0.25, 0.3) is 0 Å². The van der Waals surface area contributed by atoms with Crippen LogP contribution in [0.5, 0.6) is 5.75 Å². The maximum atomic E-state index is 13.7. The molecule has 0 radical (unpaired) electrons. The molecule has 29 heavy (non-hydrogen) atoms. The molecule has 2 aromatic carbocycles. The van der Waals surface area contributed by atoms with Crippen molar-refractivity contribution >= 4 is 5.91 Å². The van der Waals surface area contributed by atoms with E-state index in [4.69, 9.17) is 4.74 Å². The Labute approximate surface area is 167 Å². The van der Waals surface area contributed by atoms with E-state index in [0.717, 1.165) is 5.56 Å². The van der Waals surface area contributed by atoms with Crippen LogP contribution < -0.4 is 15.5 Å². The molecule has 6 nitrogen and oxygen atoms in total. The summed E-state index contributed by atoms with van der Waals surface area (Å²) in [4.78, 5) is 24.5. The number of halogens is 1. The Balaban J connectivity index is 1.70. The van der Waals surface area contributed by atoms with E-state index in [0.29, 0.717) is 12.1 Å². The second kappa shape index (κ2) is 9.66. The van der Waals surface area contributed by atoms with Gasteiger partial charge in [-0.25, -0.2) is 4.39 Å². The molecule has 0 unspecified atom stereocenters. The molecule has 1 heterocycles. The molecule has 3 rings (SSSR count). The molecule has 150 valence electrons. The van der Waals surface area contributed by atoms with Crippen molar-refractivity contribution in [2.75, 3.05) is 0 Å². The second-order valence-corrected chi connectivity index (χ2v) is 6.42. The summed E-state index contributed by atoms with van der Waals surface area (Å²) in [7, 11) is 0. The monoisotopic (exact) mass is 396 g/mol. The molecule has 0 spiro atoms. The molecule has 2 N–H and O–H groups in total. The Morgan fingerprint density at radius 1 is 1.10 bits per heavy atom. The summed E-state index contributed by atoms with van der Waals surface area (Å²) in [5, 5.41) is 12.3. The number of nitrogens with one attached hydrogen (secondary N) is 1. The molecule has 0 saturated carbocycles. The minimum atomic E-state index is -0.452. The van der Waals surface area contributed by atoms with E-state index >= 15 is 0 Å². The minimum Gasteiger partial charge on any atom is -0.483 e. The summed E-state index contributed by atoms with van der Waals surface area (Å²) in [6.45, 7) is -0.264. The Kier molecular flexibility index (Phi) is 6.76. The van der Waals surface area contributed by atoms with Crippen LogP contribution in [0.3, 0.4) is 0 Å². The van der Waals surface area contributed by atoms with Crippen LogP contribution >= 0.6 is 0 Å². The van der Waals surface area contributed by atoms with Crippen LogP contribution in [0, 0.1) is 5.82 Å². The number of aliphatic hydroxyl groups excluding tert-OH is 1. The van der Waals surface area contributed by atoms with Gasteiger partial charge in [-0.1, -0.05) is 48.5 Å². The van der Waals surface area contributed by atoms with Gasteiger partial charge in [0.2, 0.25) is 11.3 Å². The van der Waals surface area contributed by atoms with Gasteiger partial charge in [0, 0.05) is 23.9 Å². The zero-order chi connectivity index (χ0) is 20.6. The molecule has 0 fully saturated rings. The van der Waals surface area contributed by atoms with Crippen LogP contribution in [-0.4, -0.2) is 15.6 Å². The van der Waals surface area contributed by atoms with E-state index in [9.17, 15) is 19.1 Å². The number of hydrogen-bond donors (Lipinski definition) is 2. The number of nitrogens with zero attached hydrogens (tertiary/aromatic N) is 1. The summed E-state index contributed by atoms with van der Waals surface area (Å²) in [6.07, 6.45) is 1.36. The number of aromatic nitrogens is 1. The van der Waals surface area contributed by atoms with Crippen LogP contribution in [0.4, 0.5) is 4.39 Å². The molecule has 0 aliphatic heterocycles. The van der Waals surface area contributed by atoms with E-state index in [2.05, 4.69) is 5.32 Å². The van der Waals surface area contributed by atoms with Crippen molar-refractivity contribution in [1.82, 2.24) is 9.88 Å². The Morgan fingerprint density at radius 3 is 2.55 bits per heavy atom. The van der Waals surface area contributed by atoms with Crippen molar-refractivity contribution in [2.24, 2.45) is 0 Å². The fourth-order valence-electron chi connectivity index (χ4n) is 2.76. The van der Waals surface area contributed by atoms with Gasteiger partial charge in [-0.15, -0.1) is 0 Å². The van der Waals surface area contributed by atoms with Gasteiger partial charge in [0.15, 0.2) is 5.75 Å². The summed E-state index contributed by atoms with van der Waals surface area (Å²) >= 11 is 0. The van der Waals surface area contributed by atoms with E-state index in [-0.39, 0.29) is 30.5 Å². The molecular formula is C22H21FN2O4. The number of rotatable bonds is 8. The SMILES string of the molecule is O=C(Cn1cc(OCc2ccccc2F)c(=O)cc1CO)NCc1ccccc1. The van der Waals surface area contributed by atoms with Crippen LogP contribution in [0.1, 0.15) is 16.8 Å². The summed E-state index contributed by atoms with van der Waals surface area (Å²) in [5.74, 6) is -0.742. The maximum Gasteiger partial charge on any atom is 0.240 e. The first-order valence-corrected chi connectivity index (χ1v) is 9.08. The molecular weight excluding hydrogens is 375 g/mol. The fourth-order valence-corrected chi connectivity index (χ4v) is 2.76. The smallest absolute Gasteiger partial charge is 0.240 e. The van der Waals surface area contributed by atoms with Gasteiger partial charge in [-0.3, -0.25) is 9.59 Å². The van der Waals surface area contributed by atoms with Crippen molar-refractivity contribution in [3.8, 4) is 5.75 Å². The highest BCUT2D eigenvalue weighted by Gasteiger charge is 2.12. The summed E-state index contributed by atoms with van der Waals surface area (Å²) in [5.41, 5.74) is 1.09. The predicted octanol–water partition coefficient (Wildman–Crippen LogP) is 2.38. The first kappa shape index (κ1) is 20.3. The molecule has 0 aliphatic carbocycles. The van der Waals surface area contributed by atoms with Crippen LogP contribution in [0.15, 0.2) is 71.7 Å². The van der Waals surface area contributed by atoms with Gasteiger partial charge in [0.05, 0.1) is 12.8 Å². The highest BCUT2D eigenvalue weighted by molar-refractivity contribution is 5.75. The number of aliphatic hydroxyl groups is 1. The average Bonchev–Trinajstić information content (AvgIpc) is 2.74. The third-order valence-corrected chi connectivity index (χ3v) is 4.33. The number of carbonyl (C=O) groups is 1. The number of amides is 1. The normalized spacial score (nSPS) is 10.6. The quantitative estimate of drug-likeness (QED) is 0.613. The third kappa shape index (κ3) is 5.52. The largest absolute Gasteiger partial charge is 0.483 e. The number of hydrogen-bond acceptors (Lipinski definition) is 4. The van der Waals surface area contributed by atoms with Crippen molar-refractivity contribution in [3.63, 3.8) is 0 Å². The van der Waals surface area contributed by atoms with Crippen molar-refractivity contribution in [2.45, 2.75) is 26.3 Å². The van der Waals surface area contributed by atoms with Gasteiger partial charge in [-0.05, 0) is 11.6 Å². The van der Waals surface area contributed by atoms with E-state index in [1.54, 1.807) is 18.2 Å². The van der Waals surface area contributed by atoms with Crippen LogP contribution in [0.2, 0.25) is 0 Å². The number of carbonyl (C=O) groups excluding carboxylic acids is 1. The van der Waals surface area contributed by atoms with Crippen molar-refractivity contribution in [1.29, 1.82) is 0 Å². The second-order valence-electron chi connectivity index (χ2n) is 6.42. The maximum absolute atomic E-state index is 13.7. The standard InChI is InChI=1S/C22H21FN2O4/c23-19-9-5-4-8-17(19)15-29-21-12-25(18(14-26)10-20(21)27)13-22(28)24-11-16-6-2-1-3-7-16/h1-10,12,26H,11,13-15H2,(H,24,28). The van der Waals surface area contributed by atoms with E-state index < -0.39 is 17.9 Å². The van der Waals surface area contributed by atoms with Crippen LogP contribution in [0.25, 0.3) is 0 Å². The number of pyridine rings is 1. The predicted molar refractivity (Wildman–Crippen MR) is 106 cm³/mol. The average molecular weight is 396 g/mol. The third-order valence-electron chi connectivity index (χ3n) is 4.33. The number of ether oxygens (including phenoxy) is 1. The zero-order valence-corrected chi connectivity index (χ0v) is 15.7. The van der Waals surface area contributed by atoms with Gasteiger partial charge < -0.3 is 19.7 Å². The summed E-state index contributed by atoms with van der Waals surface area (Å²) in [6, 6.07) is 16.8.